The molecule has 0 spiro atoms. The number of pyridine rings is 1. The Kier molecular flexibility index (Phi) is 3.10. The molecule has 1 aliphatic carbocycles. The summed E-state index contributed by atoms with van der Waals surface area (Å²) in [4.78, 5) is 14.6. The van der Waals surface area contributed by atoms with Crippen LogP contribution in [-0.2, 0) is 0 Å². The number of benzene rings is 1. The number of nitrogen functional groups attached to an aromatic ring is 1. The van der Waals surface area contributed by atoms with Gasteiger partial charge in [0.05, 0.1) is 16.7 Å². The van der Waals surface area contributed by atoms with Crippen molar-refractivity contribution in [3.8, 4) is 11.3 Å². The van der Waals surface area contributed by atoms with Gasteiger partial charge in [0.25, 0.3) is 5.69 Å². The van der Waals surface area contributed by atoms with E-state index >= 15 is 0 Å². The van der Waals surface area contributed by atoms with Crippen molar-refractivity contribution in [1.29, 1.82) is 0 Å². The van der Waals surface area contributed by atoms with E-state index in [0.29, 0.717) is 11.6 Å². The van der Waals surface area contributed by atoms with Gasteiger partial charge < -0.3 is 5.73 Å². The minimum absolute atomic E-state index is 0.0319. The molecule has 2 aromatic rings. The molecule has 0 bridgehead atoms. The summed E-state index contributed by atoms with van der Waals surface area (Å²) in [6.07, 6.45) is 3.80. The number of aromatic nitrogens is 1. The molecule has 1 saturated carbocycles. The van der Waals surface area contributed by atoms with E-state index in [4.69, 9.17) is 5.73 Å². The highest BCUT2D eigenvalue weighted by Crippen LogP contribution is 2.37. The molecule has 1 aromatic heterocycles. The Balaban J connectivity index is 1.93. The van der Waals surface area contributed by atoms with E-state index in [1.165, 1.54) is 37.0 Å². The van der Waals surface area contributed by atoms with Gasteiger partial charge in [0.2, 0.25) is 0 Å². The molecule has 102 valence electrons. The van der Waals surface area contributed by atoms with Gasteiger partial charge in [-0.3, -0.25) is 10.1 Å². The van der Waals surface area contributed by atoms with Crippen molar-refractivity contribution >= 4 is 11.5 Å². The Morgan fingerprint density at radius 2 is 1.90 bits per heavy atom. The van der Waals surface area contributed by atoms with Crippen LogP contribution in [0, 0.1) is 10.1 Å². The standard InChI is InChI=1S/C15H15N3O2/c16-15-9-13(18(19)20)8-14(17-15)12-6-4-11(5-7-12)10-2-1-3-10/h4-10H,1-3H2,(H2,16,17). The molecule has 1 heterocycles. The first kappa shape index (κ1) is 12.6. The summed E-state index contributed by atoms with van der Waals surface area (Å²) in [7, 11) is 0. The summed E-state index contributed by atoms with van der Waals surface area (Å²) in [6, 6.07) is 10.8. The highest BCUT2D eigenvalue weighted by molar-refractivity contribution is 5.65. The predicted octanol–water partition coefficient (Wildman–Crippen LogP) is 3.51. The second-order valence-corrected chi connectivity index (χ2v) is 5.14. The molecule has 0 atom stereocenters. The highest BCUT2D eigenvalue weighted by atomic mass is 16.6. The summed E-state index contributed by atoms with van der Waals surface area (Å²) >= 11 is 0. The maximum atomic E-state index is 10.8. The Bertz CT molecular complexity index is 649. The van der Waals surface area contributed by atoms with E-state index in [0.717, 1.165) is 5.56 Å². The topological polar surface area (TPSA) is 82.0 Å². The Morgan fingerprint density at radius 3 is 2.45 bits per heavy atom. The lowest BCUT2D eigenvalue weighted by molar-refractivity contribution is -0.384. The third kappa shape index (κ3) is 2.34. The van der Waals surface area contributed by atoms with Crippen LogP contribution >= 0.6 is 0 Å². The molecule has 0 radical (unpaired) electrons. The van der Waals surface area contributed by atoms with Gasteiger partial charge in [0.15, 0.2) is 0 Å². The molecular weight excluding hydrogens is 254 g/mol. The van der Waals surface area contributed by atoms with Crippen molar-refractivity contribution in [2.45, 2.75) is 25.2 Å². The quantitative estimate of drug-likeness (QED) is 0.682. The monoisotopic (exact) mass is 269 g/mol. The fourth-order valence-corrected chi connectivity index (χ4v) is 2.46. The second kappa shape index (κ2) is 4.92. The second-order valence-electron chi connectivity index (χ2n) is 5.14. The number of nitrogens with two attached hydrogens (primary N) is 1. The SMILES string of the molecule is Nc1cc([N+](=O)[O-])cc(-c2ccc(C3CCC3)cc2)n1. The predicted molar refractivity (Wildman–Crippen MR) is 77.3 cm³/mol. The van der Waals surface area contributed by atoms with Gasteiger partial charge in [0.1, 0.15) is 5.82 Å². The minimum Gasteiger partial charge on any atom is -0.383 e. The molecule has 3 rings (SSSR count). The van der Waals surface area contributed by atoms with Gasteiger partial charge in [-0.15, -0.1) is 0 Å². The molecule has 0 saturated heterocycles. The lowest BCUT2D eigenvalue weighted by Gasteiger charge is -2.25. The maximum absolute atomic E-state index is 10.8. The van der Waals surface area contributed by atoms with E-state index in [1.807, 2.05) is 12.1 Å². The zero-order valence-electron chi connectivity index (χ0n) is 11.0. The fourth-order valence-electron chi connectivity index (χ4n) is 2.46. The van der Waals surface area contributed by atoms with Gasteiger partial charge in [-0.2, -0.15) is 0 Å². The van der Waals surface area contributed by atoms with Crippen molar-refractivity contribution < 1.29 is 4.92 Å². The van der Waals surface area contributed by atoms with Crippen LogP contribution in [0.25, 0.3) is 11.3 Å². The van der Waals surface area contributed by atoms with Crippen LogP contribution in [0.1, 0.15) is 30.7 Å². The molecule has 0 aliphatic heterocycles. The van der Waals surface area contributed by atoms with Crippen LogP contribution in [0.4, 0.5) is 11.5 Å². The third-order valence-corrected chi connectivity index (χ3v) is 3.82. The summed E-state index contributed by atoms with van der Waals surface area (Å²) in [5, 5.41) is 10.8. The number of anilines is 1. The average Bonchev–Trinajstić information content (AvgIpc) is 2.37. The molecule has 20 heavy (non-hydrogen) atoms. The number of hydrogen-bond acceptors (Lipinski definition) is 4. The van der Waals surface area contributed by atoms with Gasteiger partial charge in [-0.1, -0.05) is 30.7 Å². The third-order valence-electron chi connectivity index (χ3n) is 3.82. The van der Waals surface area contributed by atoms with Gasteiger partial charge in [-0.25, -0.2) is 4.98 Å². The first-order chi connectivity index (χ1) is 9.63. The van der Waals surface area contributed by atoms with Gasteiger partial charge >= 0.3 is 0 Å². The highest BCUT2D eigenvalue weighted by Gasteiger charge is 2.19. The zero-order valence-corrected chi connectivity index (χ0v) is 11.0. The molecule has 5 nitrogen and oxygen atoms in total. The summed E-state index contributed by atoms with van der Waals surface area (Å²) in [5.41, 5.74) is 8.32. The maximum Gasteiger partial charge on any atom is 0.275 e. The Hall–Kier alpha value is -2.43. The smallest absolute Gasteiger partial charge is 0.275 e. The Morgan fingerprint density at radius 1 is 1.20 bits per heavy atom. The first-order valence-corrected chi connectivity index (χ1v) is 6.66. The summed E-state index contributed by atoms with van der Waals surface area (Å²) < 4.78 is 0. The molecule has 0 amide bonds. The molecule has 1 fully saturated rings. The van der Waals surface area contributed by atoms with Gasteiger partial charge in [0, 0.05) is 11.6 Å². The van der Waals surface area contributed by atoms with Crippen LogP contribution in [0.15, 0.2) is 36.4 Å². The van der Waals surface area contributed by atoms with E-state index < -0.39 is 4.92 Å². The average molecular weight is 269 g/mol. The van der Waals surface area contributed by atoms with Crippen LogP contribution in [0.3, 0.4) is 0 Å². The largest absolute Gasteiger partial charge is 0.383 e. The van der Waals surface area contributed by atoms with E-state index in [2.05, 4.69) is 17.1 Å². The minimum atomic E-state index is -0.454. The first-order valence-electron chi connectivity index (χ1n) is 6.66. The fraction of sp³-hybridized carbons (Fsp3) is 0.267. The Labute approximate surface area is 116 Å². The van der Waals surface area contributed by atoms with Crippen molar-refractivity contribution in [1.82, 2.24) is 4.98 Å². The molecule has 2 N–H and O–H groups in total. The molecule has 1 aliphatic rings. The molecule has 5 heteroatoms. The number of rotatable bonds is 3. The van der Waals surface area contributed by atoms with Crippen molar-refractivity contribution in [3.63, 3.8) is 0 Å². The number of nitro groups is 1. The normalized spacial score (nSPS) is 14.8. The van der Waals surface area contributed by atoms with Crippen LogP contribution < -0.4 is 5.73 Å². The van der Waals surface area contributed by atoms with E-state index in [-0.39, 0.29) is 11.5 Å². The molecule has 1 aromatic carbocycles. The van der Waals surface area contributed by atoms with Crippen LogP contribution in [-0.4, -0.2) is 9.91 Å². The van der Waals surface area contributed by atoms with E-state index in [9.17, 15) is 10.1 Å². The molecular formula is C15H15N3O2. The number of hydrogen-bond donors (Lipinski definition) is 1. The van der Waals surface area contributed by atoms with Crippen molar-refractivity contribution in [3.05, 3.63) is 52.1 Å². The summed E-state index contributed by atoms with van der Waals surface area (Å²) in [6.45, 7) is 0. The van der Waals surface area contributed by atoms with E-state index in [1.54, 1.807) is 0 Å². The van der Waals surface area contributed by atoms with Crippen LogP contribution in [0.5, 0.6) is 0 Å². The zero-order chi connectivity index (χ0) is 14.1. The van der Waals surface area contributed by atoms with Crippen molar-refractivity contribution in [2.24, 2.45) is 0 Å². The lowest BCUT2D eigenvalue weighted by Crippen LogP contribution is -2.08. The van der Waals surface area contributed by atoms with Crippen LogP contribution in [0.2, 0.25) is 0 Å². The van der Waals surface area contributed by atoms with Crippen molar-refractivity contribution in [2.75, 3.05) is 5.73 Å². The van der Waals surface area contributed by atoms with Gasteiger partial charge in [-0.05, 0) is 24.3 Å². The summed E-state index contributed by atoms with van der Waals surface area (Å²) in [5.74, 6) is 0.837. The molecule has 0 unspecified atom stereocenters. The number of nitrogens with zero attached hydrogens (tertiary/aromatic N) is 2. The lowest BCUT2D eigenvalue weighted by atomic mass is 9.80.